The third-order valence-electron chi connectivity index (χ3n) is 4.28. The van der Waals surface area contributed by atoms with E-state index in [1.54, 1.807) is 6.33 Å². The number of nitrogens with zero attached hydrogens (tertiary/aromatic N) is 4. The summed E-state index contributed by atoms with van der Waals surface area (Å²) in [6.45, 7) is 3.24. The highest BCUT2D eigenvalue weighted by Gasteiger charge is 2.40. The third-order valence-corrected chi connectivity index (χ3v) is 4.28. The third kappa shape index (κ3) is 1.79. The van der Waals surface area contributed by atoms with Crippen LogP contribution in [0.4, 0.5) is 5.82 Å². The largest absolute Gasteiger partial charge is 0.356 e. The molecule has 2 aliphatic heterocycles. The second-order valence-corrected chi connectivity index (χ2v) is 5.46. The quantitative estimate of drug-likeness (QED) is 0.785. The predicted octanol–water partition coefficient (Wildman–Crippen LogP) is 1.31. The van der Waals surface area contributed by atoms with Crippen LogP contribution in [0.1, 0.15) is 12.8 Å². The van der Waals surface area contributed by atoms with Crippen LogP contribution >= 0.6 is 0 Å². The van der Waals surface area contributed by atoms with Gasteiger partial charge in [0.1, 0.15) is 17.8 Å². The number of hydrogen-bond donors (Lipinski definition) is 0. The first-order valence-corrected chi connectivity index (χ1v) is 7.06. The van der Waals surface area contributed by atoms with Crippen LogP contribution in [0.3, 0.4) is 0 Å². The van der Waals surface area contributed by atoms with Gasteiger partial charge in [0.25, 0.3) is 0 Å². The first-order valence-electron chi connectivity index (χ1n) is 7.06. The summed E-state index contributed by atoms with van der Waals surface area (Å²) < 4.78 is 13.6. The topological polar surface area (TPSA) is 52.4 Å². The van der Waals surface area contributed by atoms with Crippen LogP contribution in [-0.2, 0) is 16.5 Å². The van der Waals surface area contributed by atoms with E-state index < -0.39 is 0 Å². The van der Waals surface area contributed by atoms with E-state index in [9.17, 15) is 0 Å². The Balaban J connectivity index is 1.61. The zero-order chi connectivity index (χ0) is 13.6. The molecular weight excluding hydrogens is 256 g/mol. The van der Waals surface area contributed by atoms with Crippen molar-refractivity contribution in [3.8, 4) is 0 Å². The van der Waals surface area contributed by atoms with Gasteiger partial charge in [0, 0.05) is 39.2 Å². The van der Waals surface area contributed by atoms with Crippen LogP contribution in [0.2, 0.25) is 0 Å². The lowest BCUT2D eigenvalue weighted by Crippen LogP contribution is -2.45. The standard InChI is InChI=1S/C14H18N4O2/c1-17-5-2-11-12(17)15-10-16-13(11)18-6-3-14(4-7-18)19-8-9-20-14/h2,5,10H,3-4,6-9H2,1H3. The van der Waals surface area contributed by atoms with Gasteiger partial charge in [0.15, 0.2) is 5.79 Å². The first kappa shape index (κ1) is 12.1. The fourth-order valence-electron chi connectivity index (χ4n) is 3.16. The molecule has 6 heteroatoms. The van der Waals surface area contributed by atoms with Crippen molar-refractivity contribution < 1.29 is 9.47 Å². The van der Waals surface area contributed by atoms with Crippen LogP contribution in [0.5, 0.6) is 0 Å². The van der Waals surface area contributed by atoms with E-state index in [4.69, 9.17) is 9.47 Å². The number of rotatable bonds is 1. The normalized spacial score (nSPS) is 21.9. The van der Waals surface area contributed by atoms with Crippen molar-refractivity contribution in [1.29, 1.82) is 0 Å². The molecule has 4 rings (SSSR count). The zero-order valence-corrected chi connectivity index (χ0v) is 11.6. The Morgan fingerprint density at radius 3 is 2.65 bits per heavy atom. The Morgan fingerprint density at radius 1 is 1.15 bits per heavy atom. The Morgan fingerprint density at radius 2 is 1.90 bits per heavy atom. The van der Waals surface area contributed by atoms with Gasteiger partial charge < -0.3 is 18.9 Å². The van der Waals surface area contributed by atoms with E-state index in [1.807, 2.05) is 17.8 Å². The average Bonchev–Trinajstić information content (AvgIpc) is 3.08. The monoisotopic (exact) mass is 274 g/mol. The minimum atomic E-state index is -0.334. The smallest absolute Gasteiger partial charge is 0.171 e. The highest BCUT2D eigenvalue weighted by Crippen LogP contribution is 2.34. The van der Waals surface area contributed by atoms with Crippen LogP contribution in [0, 0.1) is 0 Å². The molecule has 0 aliphatic carbocycles. The maximum atomic E-state index is 5.77. The predicted molar refractivity (Wildman–Crippen MR) is 74.6 cm³/mol. The Bertz CT molecular complexity index is 623. The molecule has 0 N–H and O–H groups in total. The molecule has 4 heterocycles. The fraction of sp³-hybridized carbons (Fsp3) is 0.571. The van der Waals surface area contributed by atoms with Gasteiger partial charge in [-0.2, -0.15) is 0 Å². The lowest BCUT2D eigenvalue weighted by atomic mass is 10.0. The molecule has 0 bridgehead atoms. The summed E-state index contributed by atoms with van der Waals surface area (Å²) in [7, 11) is 2.00. The molecule has 2 fully saturated rings. The number of aryl methyl sites for hydroxylation is 1. The van der Waals surface area contributed by atoms with E-state index in [0.717, 1.165) is 56.0 Å². The van der Waals surface area contributed by atoms with Crippen molar-refractivity contribution in [2.24, 2.45) is 7.05 Å². The summed E-state index contributed by atoms with van der Waals surface area (Å²) in [6, 6.07) is 2.08. The molecule has 2 aromatic heterocycles. The van der Waals surface area contributed by atoms with Gasteiger partial charge in [0.2, 0.25) is 0 Å². The van der Waals surface area contributed by atoms with Crippen LogP contribution in [-0.4, -0.2) is 46.6 Å². The van der Waals surface area contributed by atoms with Crippen molar-refractivity contribution >= 4 is 16.9 Å². The number of fused-ring (bicyclic) bond motifs is 1. The minimum Gasteiger partial charge on any atom is -0.356 e. The lowest BCUT2D eigenvalue weighted by molar-refractivity contribution is -0.169. The molecule has 20 heavy (non-hydrogen) atoms. The number of anilines is 1. The van der Waals surface area contributed by atoms with Crippen LogP contribution in [0.25, 0.3) is 11.0 Å². The molecule has 2 aromatic rings. The van der Waals surface area contributed by atoms with E-state index in [2.05, 4.69) is 20.9 Å². The van der Waals surface area contributed by atoms with E-state index in [1.165, 1.54) is 0 Å². The summed E-state index contributed by atoms with van der Waals surface area (Å²) in [6.07, 6.45) is 5.46. The van der Waals surface area contributed by atoms with Crippen LogP contribution < -0.4 is 4.90 Å². The van der Waals surface area contributed by atoms with Gasteiger partial charge >= 0.3 is 0 Å². The number of ether oxygens (including phenoxy) is 2. The minimum absolute atomic E-state index is 0.334. The van der Waals surface area contributed by atoms with Gasteiger partial charge in [-0.3, -0.25) is 0 Å². The first-order chi connectivity index (χ1) is 9.77. The molecule has 0 aromatic carbocycles. The molecule has 0 saturated carbocycles. The molecule has 0 amide bonds. The van der Waals surface area contributed by atoms with Gasteiger partial charge in [0.05, 0.1) is 18.6 Å². The highest BCUT2D eigenvalue weighted by molar-refractivity contribution is 5.87. The molecule has 6 nitrogen and oxygen atoms in total. The molecule has 0 atom stereocenters. The molecule has 0 radical (unpaired) electrons. The number of aromatic nitrogens is 3. The van der Waals surface area contributed by atoms with Gasteiger partial charge in [-0.1, -0.05) is 0 Å². The molecule has 0 unspecified atom stereocenters. The highest BCUT2D eigenvalue weighted by atomic mass is 16.7. The van der Waals surface area contributed by atoms with E-state index >= 15 is 0 Å². The number of hydrogen-bond acceptors (Lipinski definition) is 5. The summed E-state index contributed by atoms with van der Waals surface area (Å²) in [5.74, 6) is 0.683. The molecule has 106 valence electrons. The molecular formula is C14H18N4O2. The number of piperidine rings is 1. The molecule has 2 aliphatic rings. The Labute approximate surface area is 117 Å². The Hall–Kier alpha value is -1.66. The molecule has 2 saturated heterocycles. The summed E-state index contributed by atoms with van der Waals surface area (Å²) in [5, 5.41) is 1.11. The van der Waals surface area contributed by atoms with Gasteiger partial charge in [-0.25, -0.2) is 9.97 Å². The SMILES string of the molecule is Cn1ccc2c(N3CCC4(CC3)OCCO4)ncnc21. The maximum Gasteiger partial charge on any atom is 0.171 e. The van der Waals surface area contributed by atoms with E-state index in [0.29, 0.717) is 0 Å². The van der Waals surface area contributed by atoms with Crippen molar-refractivity contribution in [2.75, 3.05) is 31.2 Å². The average molecular weight is 274 g/mol. The van der Waals surface area contributed by atoms with Crippen molar-refractivity contribution in [1.82, 2.24) is 14.5 Å². The summed E-state index contributed by atoms with van der Waals surface area (Å²) in [4.78, 5) is 11.1. The van der Waals surface area contributed by atoms with Crippen molar-refractivity contribution in [3.05, 3.63) is 18.6 Å². The van der Waals surface area contributed by atoms with Crippen LogP contribution in [0.15, 0.2) is 18.6 Å². The maximum absolute atomic E-state index is 5.77. The second-order valence-electron chi connectivity index (χ2n) is 5.46. The molecule has 1 spiro atoms. The van der Waals surface area contributed by atoms with Gasteiger partial charge in [-0.15, -0.1) is 0 Å². The van der Waals surface area contributed by atoms with E-state index in [-0.39, 0.29) is 5.79 Å². The zero-order valence-electron chi connectivity index (χ0n) is 11.6. The Kier molecular flexibility index (Phi) is 2.68. The van der Waals surface area contributed by atoms with Crippen molar-refractivity contribution in [2.45, 2.75) is 18.6 Å². The fourth-order valence-corrected chi connectivity index (χ4v) is 3.16. The summed E-state index contributed by atoms with van der Waals surface area (Å²) in [5.41, 5.74) is 0.976. The lowest BCUT2D eigenvalue weighted by Gasteiger charge is -2.38. The second kappa shape index (κ2) is 4.43. The summed E-state index contributed by atoms with van der Waals surface area (Å²) >= 11 is 0. The van der Waals surface area contributed by atoms with Crippen molar-refractivity contribution in [3.63, 3.8) is 0 Å². The van der Waals surface area contributed by atoms with Gasteiger partial charge in [-0.05, 0) is 6.07 Å².